The molecule has 1 aromatic carbocycles. The van der Waals surface area contributed by atoms with Crippen LogP contribution >= 0.6 is 23.2 Å². The number of hydrogen-bond acceptors (Lipinski definition) is 3. The molecule has 1 unspecified atom stereocenters. The van der Waals surface area contributed by atoms with Gasteiger partial charge in [-0.25, -0.2) is 4.79 Å². The van der Waals surface area contributed by atoms with E-state index in [2.05, 4.69) is 13.8 Å². The van der Waals surface area contributed by atoms with Gasteiger partial charge in [0.15, 0.2) is 0 Å². The zero-order chi connectivity index (χ0) is 13.9. The Labute approximate surface area is 117 Å². The van der Waals surface area contributed by atoms with Crippen molar-refractivity contribution in [3.63, 3.8) is 0 Å². The van der Waals surface area contributed by atoms with Crippen molar-refractivity contribution < 1.29 is 9.53 Å². The standard InChI is InChI=1S/C13H17Cl2NO2/c1-7(2)4-8(3)18-13(17)9-5-10(14)12(16)11(15)6-9/h5-8H,4,16H2,1-3H3. The van der Waals surface area contributed by atoms with Crippen LogP contribution in [0.2, 0.25) is 10.0 Å². The van der Waals surface area contributed by atoms with Crippen molar-refractivity contribution in [3.05, 3.63) is 27.7 Å². The Hall–Kier alpha value is -0.930. The molecule has 0 fully saturated rings. The lowest BCUT2D eigenvalue weighted by Gasteiger charge is -2.15. The highest BCUT2D eigenvalue weighted by molar-refractivity contribution is 6.39. The number of ether oxygens (including phenoxy) is 1. The van der Waals surface area contributed by atoms with Gasteiger partial charge in [0, 0.05) is 0 Å². The van der Waals surface area contributed by atoms with Crippen molar-refractivity contribution in [1.82, 2.24) is 0 Å². The van der Waals surface area contributed by atoms with Gasteiger partial charge in [-0.3, -0.25) is 0 Å². The van der Waals surface area contributed by atoms with Crippen LogP contribution in [-0.2, 0) is 4.74 Å². The van der Waals surface area contributed by atoms with Gasteiger partial charge in [0.05, 0.1) is 27.4 Å². The SMILES string of the molecule is CC(C)CC(C)OC(=O)c1cc(Cl)c(N)c(Cl)c1. The lowest BCUT2D eigenvalue weighted by atomic mass is 10.1. The Balaban J connectivity index is 2.79. The van der Waals surface area contributed by atoms with Crippen molar-refractivity contribution in [1.29, 1.82) is 0 Å². The molecule has 0 amide bonds. The molecule has 0 aliphatic carbocycles. The predicted molar refractivity (Wildman–Crippen MR) is 75.2 cm³/mol. The maximum atomic E-state index is 11.9. The average Bonchev–Trinajstić information content (AvgIpc) is 2.23. The third-order valence-corrected chi connectivity index (χ3v) is 3.05. The number of anilines is 1. The fourth-order valence-corrected chi connectivity index (χ4v) is 2.15. The topological polar surface area (TPSA) is 52.3 Å². The molecule has 5 heteroatoms. The minimum Gasteiger partial charge on any atom is -0.459 e. The monoisotopic (exact) mass is 289 g/mol. The van der Waals surface area contributed by atoms with Crippen LogP contribution in [0, 0.1) is 5.92 Å². The maximum Gasteiger partial charge on any atom is 0.338 e. The van der Waals surface area contributed by atoms with E-state index >= 15 is 0 Å². The summed E-state index contributed by atoms with van der Waals surface area (Å²) in [5.74, 6) is 0.0262. The van der Waals surface area contributed by atoms with Crippen LogP contribution in [0.3, 0.4) is 0 Å². The maximum absolute atomic E-state index is 11.9. The number of nitrogens with two attached hydrogens (primary N) is 1. The molecule has 100 valence electrons. The van der Waals surface area contributed by atoms with Gasteiger partial charge < -0.3 is 10.5 Å². The average molecular weight is 290 g/mol. The van der Waals surface area contributed by atoms with Gasteiger partial charge >= 0.3 is 5.97 Å². The minimum atomic E-state index is -0.438. The number of benzene rings is 1. The van der Waals surface area contributed by atoms with Gasteiger partial charge in [0.25, 0.3) is 0 Å². The van der Waals surface area contributed by atoms with E-state index in [0.29, 0.717) is 11.5 Å². The highest BCUT2D eigenvalue weighted by Gasteiger charge is 2.16. The highest BCUT2D eigenvalue weighted by atomic mass is 35.5. The van der Waals surface area contributed by atoms with E-state index in [-0.39, 0.29) is 21.8 Å². The minimum absolute atomic E-state index is 0.146. The van der Waals surface area contributed by atoms with E-state index in [1.165, 1.54) is 12.1 Å². The predicted octanol–water partition coefficient (Wildman–Crippen LogP) is 4.17. The highest BCUT2D eigenvalue weighted by Crippen LogP contribution is 2.29. The summed E-state index contributed by atoms with van der Waals surface area (Å²) in [6.45, 7) is 6.00. The molecule has 0 saturated carbocycles. The fraction of sp³-hybridized carbons (Fsp3) is 0.462. The summed E-state index contributed by atoms with van der Waals surface area (Å²) in [6.07, 6.45) is 0.662. The first-order valence-electron chi connectivity index (χ1n) is 5.76. The van der Waals surface area contributed by atoms with E-state index in [1.54, 1.807) is 0 Å². The number of rotatable bonds is 4. The summed E-state index contributed by atoms with van der Waals surface area (Å²) in [5, 5.41) is 0.511. The number of esters is 1. The molecule has 1 atom stereocenters. The number of carbonyl (C=O) groups excluding carboxylic acids is 1. The molecule has 0 saturated heterocycles. The van der Waals surface area contributed by atoms with Crippen molar-refractivity contribution in [2.45, 2.75) is 33.3 Å². The van der Waals surface area contributed by atoms with Crippen LogP contribution in [0.1, 0.15) is 37.6 Å². The zero-order valence-electron chi connectivity index (χ0n) is 10.7. The summed E-state index contributed by atoms with van der Waals surface area (Å²) in [5.41, 5.74) is 6.19. The fourth-order valence-electron chi connectivity index (χ4n) is 1.66. The van der Waals surface area contributed by atoms with Gasteiger partial charge in [0.1, 0.15) is 0 Å². The van der Waals surface area contributed by atoms with Crippen molar-refractivity contribution in [2.75, 3.05) is 5.73 Å². The number of carbonyl (C=O) groups is 1. The number of halogens is 2. The van der Waals surface area contributed by atoms with Gasteiger partial charge in [-0.05, 0) is 31.4 Å². The van der Waals surface area contributed by atoms with Crippen molar-refractivity contribution in [2.24, 2.45) is 5.92 Å². The molecule has 0 bridgehead atoms. The largest absolute Gasteiger partial charge is 0.459 e. The number of hydrogen-bond donors (Lipinski definition) is 1. The van der Waals surface area contributed by atoms with E-state index in [9.17, 15) is 4.79 Å². The Morgan fingerprint density at radius 1 is 1.28 bits per heavy atom. The Kier molecular flexibility index (Phi) is 5.29. The van der Waals surface area contributed by atoms with Gasteiger partial charge in [0.2, 0.25) is 0 Å². The normalized spacial score (nSPS) is 12.6. The van der Waals surface area contributed by atoms with Gasteiger partial charge in [-0.15, -0.1) is 0 Å². The first-order valence-corrected chi connectivity index (χ1v) is 6.52. The molecule has 0 aliphatic heterocycles. The molecule has 0 spiro atoms. The second-order valence-corrected chi connectivity index (χ2v) is 5.51. The molecule has 0 aliphatic rings. The van der Waals surface area contributed by atoms with Crippen LogP contribution in [0.15, 0.2) is 12.1 Å². The third-order valence-electron chi connectivity index (χ3n) is 2.43. The molecule has 1 rings (SSSR count). The van der Waals surface area contributed by atoms with Crippen LogP contribution in [0.25, 0.3) is 0 Å². The first kappa shape index (κ1) is 15.1. The zero-order valence-corrected chi connectivity index (χ0v) is 12.2. The summed E-state index contributed by atoms with van der Waals surface area (Å²) in [7, 11) is 0. The summed E-state index contributed by atoms with van der Waals surface area (Å²) < 4.78 is 5.30. The van der Waals surface area contributed by atoms with Gasteiger partial charge in [-0.1, -0.05) is 37.0 Å². The van der Waals surface area contributed by atoms with Gasteiger partial charge in [-0.2, -0.15) is 0 Å². The molecule has 0 aromatic heterocycles. The lowest BCUT2D eigenvalue weighted by Crippen LogP contribution is -2.17. The van der Waals surface area contributed by atoms with Crippen LogP contribution < -0.4 is 5.73 Å². The van der Waals surface area contributed by atoms with Crippen LogP contribution in [-0.4, -0.2) is 12.1 Å². The van der Waals surface area contributed by atoms with Crippen LogP contribution in [0.4, 0.5) is 5.69 Å². The quantitative estimate of drug-likeness (QED) is 0.669. The molecule has 18 heavy (non-hydrogen) atoms. The molecule has 1 aromatic rings. The Bertz CT molecular complexity index is 424. The third kappa shape index (κ3) is 4.07. The van der Waals surface area contributed by atoms with E-state index < -0.39 is 5.97 Å². The summed E-state index contributed by atoms with van der Waals surface area (Å²) in [4.78, 5) is 11.9. The molecular formula is C13H17Cl2NO2. The Morgan fingerprint density at radius 2 is 1.78 bits per heavy atom. The number of nitrogen functional groups attached to an aromatic ring is 1. The summed E-state index contributed by atoms with van der Waals surface area (Å²) in [6, 6.07) is 2.93. The Morgan fingerprint density at radius 3 is 2.22 bits per heavy atom. The summed E-state index contributed by atoms with van der Waals surface area (Å²) >= 11 is 11.7. The molecule has 0 heterocycles. The van der Waals surface area contributed by atoms with E-state index in [1.807, 2.05) is 6.92 Å². The second-order valence-electron chi connectivity index (χ2n) is 4.70. The van der Waals surface area contributed by atoms with Crippen molar-refractivity contribution in [3.8, 4) is 0 Å². The second kappa shape index (κ2) is 6.30. The van der Waals surface area contributed by atoms with E-state index in [4.69, 9.17) is 33.7 Å². The van der Waals surface area contributed by atoms with E-state index in [0.717, 1.165) is 6.42 Å². The van der Waals surface area contributed by atoms with Crippen molar-refractivity contribution >= 4 is 34.9 Å². The smallest absolute Gasteiger partial charge is 0.338 e. The first-order chi connectivity index (χ1) is 8.31. The molecular weight excluding hydrogens is 273 g/mol. The molecule has 0 radical (unpaired) electrons. The van der Waals surface area contributed by atoms with Crippen LogP contribution in [0.5, 0.6) is 0 Å². The lowest BCUT2D eigenvalue weighted by molar-refractivity contribution is 0.0299. The molecule has 2 N–H and O–H groups in total. The molecule has 3 nitrogen and oxygen atoms in total.